The molecule has 0 aliphatic heterocycles. The predicted molar refractivity (Wildman–Crippen MR) is 161 cm³/mol. The normalized spacial score (nSPS) is 12.9. The van der Waals surface area contributed by atoms with Gasteiger partial charge in [0, 0.05) is 41.5 Å². The summed E-state index contributed by atoms with van der Waals surface area (Å²) in [5.41, 5.74) is -0.321. The van der Waals surface area contributed by atoms with Crippen molar-refractivity contribution in [3.05, 3.63) is 78.5 Å². The molecule has 5 rings (SSSR count). The van der Waals surface area contributed by atoms with Crippen LogP contribution in [-0.4, -0.2) is 79.3 Å². The summed E-state index contributed by atoms with van der Waals surface area (Å²) in [6.45, 7) is 0.165. The van der Waals surface area contributed by atoms with E-state index in [1.54, 1.807) is 18.2 Å². The topological polar surface area (TPSA) is 136 Å². The summed E-state index contributed by atoms with van der Waals surface area (Å²) in [5.74, 6) is -2.33. The molecule has 0 unspecified atom stereocenters. The Balaban J connectivity index is 0.00000442. The van der Waals surface area contributed by atoms with Crippen LogP contribution in [0.5, 0.6) is 23.0 Å². The van der Waals surface area contributed by atoms with Gasteiger partial charge in [-0.3, -0.25) is 19.4 Å². The molecule has 10 nitrogen and oxygen atoms in total. The summed E-state index contributed by atoms with van der Waals surface area (Å²) in [5, 5.41) is 14.5. The number of fused-ring (bicyclic) bond motifs is 1. The molecule has 0 radical (unpaired) electrons. The Hall–Kier alpha value is -4.00. The number of aliphatic carboxylic acids is 1. The van der Waals surface area contributed by atoms with E-state index in [0.29, 0.717) is 47.4 Å². The first-order valence-corrected chi connectivity index (χ1v) is 13.4. The Bertz CT molecular complexity index is 1700. The van der Waals surface area contributed by atoms with Crippen molar-refractivity contribution in [2.75, 3.05) is 24.4 Å². The van der Waals surface area contributed by atoms with Gasteiger partial charge in [0.25, 0.3) is 0 Å². The zero-order valence-electron chi connectivity index (χ0n) is 23.0. The summed E-state index contributed by atoms with van der Waals surface area (Å²) in [6.07, 6.45) is 2.41. The summed E-state index contributed by atoms with van der Waals surface area (Å²) in [4.78, 5) is 40.8. The van der Waals surface area contributed by atoms with Crippen LogP contribution < -0.4 is 24.8 Å². The van der Waals surface area contributed by atoms with Crippen molar-refractivity contribution < 1.29 is 42.5 Å². The van der Waals surface area contributed by atoms with Gasteiger partial charge in [-0.05, 0) is 67.8 Å². The van der Waals surface area contributed by atoms with Crippen LogP contribution in [0.4, 0.5) is 20.2 Å². The number of halogens is 2. The molecule has 1 saturated carbocycles. The number of anilines is 2. The Morgan fingerprint density at radius 1 is 0.886 bits per heavy atom. The summed E-state index contributed by atoms with van der Waals surface area (Å²) >= 11 is 0. The van der Waals surface area contributed by atoms with Crippen molar-refractivity contribution in [3.8, 4) is 23.0 Å². The van der Waals surface area contributed by atoms with Gasteiger partial charge in [-0.25, -0.2) is 8.78 Å². The zero-order valence-corrected chi connectivity index (χ0v) is 23.0. The van der Waals surface area contributed by atoms with Crippen molar-refractivity contribution in [2.45, 2.75) is 25.7 Å². The maximum atomic E-state index is 15.1. The number of carboxylic acids is 1. The van der Waals surface area contributed by atoms with Gasteiger partial charge >= 0.3 is 43.7 Å². The molecule has 226 valence electrons. The minimum atomic E-state index is -1.30. The predicted octanol–water partition coefficient (Wildman–Crippen LogP) is 5.00. The molecule has 0 saturated heterocycles. The second kappa shape index (κ2) is 14.2. The number of aromatic nitrogens is 1. The van der Waals surface area contributed by atoms with Crippen molar-refractivity contribution in [1.29, 1.82) is 0 Å². The number of hydrogen-bond donors (Lipinski definition) is 3. The Kier molecular flexibility index (Phi) is 10.6. The number of pyridine rings is 1. The van der Waals surface area contributed by atoms with E-state index in [2.05, 4.69) is 15.6 Å². The fraction of sp³-hybridized carbons (Fsp3) is 0.226. The number of carbonyl (C=O) groups is 3. The molecular formula is C31H29CaF2N3O7. The van der Waals surface area contributed by atoms with E-state index in [9.17, 15) is 18.8 Å². The van der Waals surface area contributed by atoms with Crippen LogP contribution in [0.15, 0.2) is 66.9 Å². The second-order valence-corrected chi connectivity index (χ2v) is 9.92. The molecule has 1 aliphatic carbocycles. The van der Waals surface area contributed by atoms with Gasteiger partial charge in [0.2, 0.25) is 11.8 Å². The number of methoxy groups -OCH3 is 1. The Morgan fingerprint density at radius 3 is 2.20 bits per heavy atom. The molecule has 1 fully saturated rings. The number of ether oxygens (including phenoxy) is 3. The van der Waals surface area contributed by atoms with E-state index in [-0.39, 0.29) is 68.0 Å². The quantitative estimate of drug-likeness (QED) is 0.113. The van der Waals surface area contributed by atoms with Crippen LogP contribution >= 0.6 is 0 Å². The first-order chi connectivity index (χ1) is 20.7. The minimum absolute atomic E-state index is 0. The van der Waals surface area contributed by atoms with Gasteiger partial charge in [-0.15, -0.1) is 0 Å². The van der Waals surface area contributed by atoms with Gasteiger partial charge in [0.05, 0.1) is 19.2 Å². The molecular weight excluding hydrogens is 604 g/mol. The van der Waals surface area contributed by atoms with Gasteiger partial charge in [-0.1, -0.05) is 0 Å². The molecule has 1 heterocycles. The van der Waals surface area contributed by atoms with E-state index in [1.807, 2.05) is 0 Å². The van der Waals surface area contributed by atoms with Crippen molar-refractivity contribution >= 4 is 77.8 Å². The van der Waals surface area contributed by atoms with Gasteiger partial charge < -0.3 is 30.0 Å². The summed E-state index contributed by atoms with van der Waals surface area (Å²) in [6, 6.07) is 13.9. The van der Waals surface area contributed by atoms with Gasteiger partial charge in [0.1, 0.15) is 17.0 Å². The molecule has 44 heavy (non-hydrogen) atoms. The number of carboxylic acid groups (broad SMARTS) is 1. The van der Waals surface area contributed by atoms with E-state index in [0.717, 1.165) is 6.07 Å². The molecule has 0 atom stereocenters. The molecule has 3 aromatic carbocycles. The number of rotatable bonds is 12. The molecule has 13 heteroatoms. The van der Waals surface area contributed by atoms with Crippen molar-refractivity contribution in [1.82, 2.24) is 4.98 Å². The fourth-order valence-corrected chi connectivity index (χ4v) is 4.39. The standard InChI is InChI=1S/C31H27F2N3O7.Ca.2H/c1-41-26-16-21-23(17-27(26)42-14-2-3-28(37)38)34-13-10-24(21)43-25-9-8-20(15-22(25)33)36-30(40)31(11-12-31)29(39)35-19-6-4-18(32)5-7-19;;;/h4-10,13,15-17H,2-3,11-12,14H2,1H3,(H,35,39)(H,36,40)(H,37,38);;;. The molecule has 4 aromatic rings. The average Bonchev–Trinajstić information content (AvgIpc) is 3.80. The third-order valence-corrected chi connectivity index (χ3v) is 6.91. The molecule has 2 amide bonds. The van der Waals surface area contributed by atoms with Gasteiger partial charge in [-0.2, -0.15) is 0 Å². The van der Waals surface area contributed by atoms with Crippen LogP contribution in [0.2, 0.25) is 0 Å². The molecule has 1 aromatic heterocycles. The fourth-order valence-electron chi connectivity index (χ4n) is 4.39. The monoisotopic (exact) mass is 633 g/mol. The van der Waals surface area contributed by atoms with E-state index in [4.69, 9.17) is 19.3 Å². The van der Waals surface area contributed by atoms with Crippen LogP contribution in [-0.2, 0) is 14.4 Å². The van der Waals surface area contributed by atoms with E-state index in [1.165, 1.54) is 49.7 Å². The van der Waals surface area contributed by atoms with Crippen LogP contribution in [0, 0.1) is 17.0 Å². The molecule has 3 N–H and O–H groups in total. The maximum absolute atomic E-state index is 15.1. The second-order valence-electron chi connectivity index (χ2n) is 9.92. The Morgan fingerprint density at radius 2 is 1.57 bits per heavy atom. The van der Waals surface area contributed by atoms with E-state index >= 15 is 4.39 Å². The van der Waals surface area contributed by atoms with Crippen molar-refractivity contribution in [3.63, 3.8) is 0 Å². The number of benzene rings is 3. The number of amides is 2. The number of carbonyl (C=O) groups excluding carboxylic acids is 2. The third kappa shape index (κ3) is 7.55. The summed E-state index contributed by atoms with van der Waals surface area (Å²) < 4.78 is 45.3. The Labute approximate surface area is 280 Å². The van der Waals surface area contributed by atoms with Crippen LogP contribution in [0.3, 0.4) is 0 Å². The first-order valence-electron chi connectivity index (χ1n) is 13.4. The van der Waals surface area contributed by atoms with Crippen molar-refractivity contribution in [2.24, 2.45) is 5.41 Å². The van der Waals surface area contributed by atoms with Crippen LogP contribution in [0.25, 0.3) is 10.9 Å². The third-order valence-electron chi connectivity index (χ3n) is 6.91. The molecule has 0 spiro atoms. The number of nitrogens with one attached hydrogen (secondary N) is 2. The zero-order chi connectivity index (χ0) is 30.6. The first kappa shape index (κ1) is 32.9. The van der Waals surface area contributed by atoms with E-state index < -0.39 is 34.8 Å². The molecule has 0 bridgehead atoms. The van der Waals surface area contributed by atoms with Crippen LogP contribution in [0.1, 0.15) is 25.7 Å². The SMILES string of the molecule is COc1cc2c(Oc3ccc(NC(=O)C4(C(=O)Nc5ccc(F)cc5)CC4)cc3F)ccnc2cc1OCCCC(=O)O.[CaH2]. The molecule has 1 aliphatic rings. The summed E-state index contributed by atoms with van der Waals surface area (Å²) in [7, 11) is 1.45. The number of nitrogens with zero attached hydrogens (tertiary/aromatic N) is 1. The average molecular weight is 634 g/mol. The van der Waals surface area contributed by atoms with Gasteiger partial charge in [0.15, 0.2) is 23.1 Å². The number of hydrogen-bond acceptors (Lipinski definition) is 7.